The van der Waals surface area contributed by atoms with Crippen molar-refractivity contribution in [3.8, 4) is 0 Å². The van der Waals surface area contributed by atoms with E-state index >= 15 is 0 Å². The smallest absolute Gasteiger partial charge is 0.232 e. The van der Waals surface area contributed by atoms with Crippen LogP contribution in [0.1, 0.15) is 24.1 Å². The first kappa shape index (κ1) is 23.1. The Balaban J connectivity index is 0.00000169. The van der Waals surface area contributed by atoms with Crippen LogP contribution in [0.3, 0.4) is 0 Å². The zero-order valence-corrected chi connectivity index (χ0v) is 17.8. The summed E-state index contributed by atoms with van der Waals surface area (Å²) < 4.78 is 2.06. The molecule has 0 aliphatic carbocycles. The largest absolute Gasteiger partial charge is 0.342 e. The maximum absolute atomic E-state index is 12.3. The summed E-state index contributed by atoms with van der Waals surface area (Å²) >= 11 is 1.66. The van der Waals surface area contributed by atoms with E-state index in [0.717, 1.165) is 49.6 Å². The maximum Gasteiger partial charge on any atom is 0.232 e. The number of nitrogens with zero attached hydrogens (tertiary/aromatic N) is 3. The van der Waals surface area contributed by atoms with Gasteiger partial charge in [0.25, 0.3) is 0 Å². The van der Waals surface area contributed by atoms with E-state index in [1.54, 1.807) is 11.8 Å². The molecule has 3 rings (SSSR count). The van der Waals surface area contributed by atoms with Crippen molar-refractivity contribution in [3.63, 3.8) is 0 Å². The molecule has 0 aromatic carbocycles. The molecule has 146 valence electrons. The van der Waals surface area contributed by atoms with Crippen LogP contribution in [0.15, 0.2) is 24.5 Å². The van der Waals surface area contributed by atoms with Gasteiger partial charge in [0.05, 0.1) is 11.4 Å². The molecule has 1 amide bonds. The standard InChI is InChI=1S/C18H26N4OS.2ClH/c1-14-3-4-17-20-16(11-22(17)10-14)12-24-13-18(23)21-7-5-15(6-8-21)9-19-2;;/h3-4,10-11,15,19H,5-9,12-13H2,1-2H3;2*1H. The lowest BCUT2D eigenvalue weighted by atomic mass is 9.97. The van der Waals surface area contributed by atoms with Gasteiger partial charge in [-0.15, -0.1) is 36.6 Å². The fourth-order valence-electron chi connectivity index (χ4n) is 3.23. The number of hydrogen-bond donors (Lipinski definition) is 1. The van der Waals surface area contributed by atoms with Crippen molar-refractivity contribution < 1.29 is 4.79 Å². The normalized spacial score (nSPS) is 14.8. The Labute approximate surface area is 172 Å². The van der Waals surface area contributed by atoms with E-state index in [4.69, 9.17) is 0 Å². The van der Waals surface area contributed by atoms with Crippen molar-refractivity contribution in [1.82, 2.24) is 19.6 Å². The quantitative estimate of drug-likeness (QED) is 0.782. The number of halogens is 2. The second-order valence-electron chi connectivity index (χ2n) is 6.58. The van der Waals surface area contributed by atoms with Gasteiger partial charge in [0, 0.05) is 31.2 Å². The van der Waals surface area contributed by atoms with Crippen LogP contribution >= 0.6 is 36.6 Å². The maximum atomic E-state index is 12.3. The Bertz CT molecular complexity index is 702. The summed E-state index contributed by atoms with van der Waals surface area (Å²) in [7, 11) is 1.99. The lowest BCUT2D eigenvalue weighted by Crippen LogP contribution is -2.41. The molecule has 1 aliphatic heterocycles. The molecule has 0 atom stereocenters. The first-order valence-electron chi connectivity index (χ1n) is 8.60. The number of carbonyl (C=O) groups is 1. The minimum absolute atomic E-state index is 0. The Hall–Kier alpha value is -0.950. The highest BCUT2D eigenvalue weighted by Crippen LogP contribution is 2.19. The van der Waals surface area contributed by atoms with E-state index in [9.17, 15) is 4.79 Å². The Morgan fingerprint density at radius 2 is 2.00 bits per heavy atom. The number of aryl methyl sites for hydroxylation is 1. The van der Waals surface area contributed by atoms with E-state index in [2.05, 4.69) is 40.1 Å². The number of pyridine rings is 1. The molecule has 1 N–H and O–H groups in total. The van der Waals surface area contributed by atoms with Crippen molar-refractivity contribution >= 4 is 48.1 Å². The summed E-state index contributed by atoms with van der Waals surface area (Å²) in [5.74, 6) is 2.31. The summed E-state index contributed by atoms with van der Waals surface area (Å²) in [6, 6.07) is 4.10. The summed E-state index contributed by atoms with van der Waals surface area (Å²) in [5, 5.41) is 3.23. The second-order valence-corrected chi connectivity index (χ2v) is 7.56. The van der Waals surface area contributed by atoms with Gasteiger partial charge < -0.3 is 14.6 Å². The SMILES string of the molecule is CNCC1CCN(C(=O)CSCc2cn3cc(C)ccc3n2)CC1.Cl.Cl. The summed E-state index contributed by atoms with van der Waals surface area (Å²) in [6.07, 6.45) is 6.37. The molecule has 8 heteroatoms. The molecule has 0 unspecified atom stereocenters. The molecule has 1 fully saturated rings. The Morgan fingerprint density at radius 1 is 1.27 bits per heavy atom. The van der Waals surface area contributed by atoms with Gasteiger partial charge >= 0.3 is 0 Å². The summed E-state index contributed by atoms with van der Waals surface area (Å²) in [4.78, 5) is 19.0. The number of piperidine rings is 1. The lowest BCUT2D eigenvalue weighted by Gasteiger charge is -2.31. The number of likely N-dealkylation sites (tertiary alicyclic amines) is 1. The Morgan fingerprint density at radius 3 is 2.69 bits per heavy atom. The van der Waals surface area contributed by atoms with Crippen LogP contribution in [-0.2, 0) is 10.5 Å². The van der Waals surface area contributed by atoms with Gasteiger partial charge in [0.1, 0.15) is 5.65 Å². The van der Waals surface area contributed by atoms with Crippen molar-refractivity contribution in [1.29, 1.82) is 0 Å². The van der Waals surface area contributed by atoms with Crippen LogP contribution < -0.4 is 5.32 Å². The van der Waals surface area contributed by atoms with Crippen molar-refractivity contribution in [2.75, 3.05) is 32.4 Å². The highest BCUT2D eigenvalue weighted by molar-refractivity contribution is 7.99. The molecule has 0 saturated carbocycles. The monoisotopic (exact) mass is 418 g/mol. The van der Waals surface area contributed by atoms with Gasteiger partial charge in [-0.2, -0.15) is 0 Å². The second kappa shape index (κ2) is 11.0. The zero-order valence-electron chi connectivity index (χ0n) is 15.3. The van der Waals surface area contributed by atoms with Crippen molar-refractivity contribution in [3.05, 3.63) is 35.8 Å². The summed E-state index contributed by atoms with van der Waals surface area (Å²) in [5.41, 5.74) is 3.22. The van der Waals surface area contributed by atoms with E-state index in [1.165, 1.54) is 5.56 Å². The molecular formula is C18H28Cl2N4OS. The van der Waals surface area contributed by atoms with E-state index < -0.39 is 0 Å². The van der Waals surface area contributed by atoms with Gasteiger partial charge in [-0.1, -0.05) is 6.07 Å². The predicted octanol–water partition coefficient (Wildman–Crippen LogP) is 3.18. The van der Waals surface area contributed by atoms with E-state index in [-0.39, 0.29) is 30.7 Å². The molecule has 0 bridgehead atoms. The minimum atomic E-state index is 0. The molecule has 2 aromatic heterocycles. The molecular weight excluding hydrogens is 391 g/mol. The van der Waals surface area contributed by atoms with Crippen LogP contribution in [-0.4, -0.2) is 52.6 Å². The predicted molar refractivity (Wildman–Crippen MR) is 114 cm³/mol. The number of nitrogens with one attached hydrogen (secondary N) is 1. The van der Waals surface area contributed by atoms with Gasteiger partial charge in [-0.05, 0) is 50.9 Å². The van der Waals surface area contributed by atoms with E-state index in [0.29, 0.717) is 11.7 Å². The number of hydrogen-bond acceptors (Lipinski definition) is 4. The molecule has 26 heavy (non-hydrogen) atoms. The van der Waals surface area contributed by atoms with Crippen LogP contribution in [0, 0.1) is 12.8 Å². The third-order valence-electron chi connectivity index (χ3n) is 4.58. The minimum Gasteiger partial charge on any atom is -0.342 e. The molecule has 0 spiro atoms. The van der Waals surface area contributed by atoms with Gasteiger partial charge in [0.2, 0.25) is 5.91 Å². The van der Waals surface area contributed by atoms with Crippen molar-refractivity contribution in [2.45, 2.75) is 25.5 Å². The van der Waals surface area contributed by atoms with Crippen molar-refractivity contribution in [2.24, 2.45) is 5.92 Å². The first-order chi connectivity index (χ1) is 11.7. The Kier molecular flexibility index (Phi) is 9.79. The topological polar surface area (TPSA) is 49.6 Å². The molecule has 5 nitrogen and oxygen atoms in total. The highest BCUT2D eigenvalue weighted by Gasteiger charge is 2.22. The lowest BCUT2D eigenvalue weighted by molar-refractivity contribution is -0.129. The number of thioether (sulfide) groups is 1. The third kappa shape index (κ3) is 6.05. The molecule has 2 aromatic rings. The number of aromatic nitrogens is 2. The molecule has 0 radical (unpaired) electrons. The van der Waals surface area contributed by atoms with Crippen LogP contribution in [0.4, 0.5) is 0 Å². The van der Waals surface area contributed by atoms with Crippen LogP contribution in [0.5, 0.6) is 0 Å². The highest BCUT2D eigenvalue weighted by atomic mass is 35.5. The average molecular weight is 419 g/mol. The fourth-order valence-corrected chi connectivity index (χ4v) is 4.04. The average Bonchev–Trinajstić information content (AvgIpc) is 2.97. The van der Waals surface area contributed by atoms with Gasteiger partial charge in [0.15, 0.2) is 0 Å². The van der Waals surface area contributed by atoms with Crippen LogP contribution in [0.2, 0.25) is 0 Å². The first-order valence-corrected chi connectivity index (χ1v) is 9.75. The van der Waals surface area contributed by atoms with Gasteiger partial charge in [-0.25, -0.2) is 4.98 Å². The zero-order chi connectivity index (χ0) is 16.9. The molecule has 1 aliphatic rings. The number of carbonyl (C=O) groups excluding carboxylic acids is 1. The number of imidazole rings is 1. The number of rotatable bonds is 6. The third-order valence-corrected chi connectivity index (χ3v) is 5.54. The molecule has 3 heterocycles. The fraction of sp³-hybridized carbons (Fsp3) is 0.556. The number of amides is 1. The molecule has 1 saturated heterocycles. The summed E-state index contributed by atoms with van der Waals surface area (Å²) in [6.45, 7) is 4.94. The van der Waals surface area contributed by atoms with Crippen LogP contribution in [0.25, 0.3) is 5.65 Å². The van der Waals surface area contributed by atoms with Gasteiger partial charge in [-0.3, -0.25) is 4.79 Å². The number of fused-ring (bicyclic) bond motifs is 1. The van der Waals surface area contributed by atoms with E-state index in [1.807, 2.05) is 18.0 Å².